The van der Waals surface area contributed by atoms with Crippen molar-refractivity contribution in [2.75, 3.05) is 13.2 Å². The summed E-state index contributed by atoms with van der Waals surface area (Å²) in [5, 5.41) is 3.17. The normalized spacial score (nSPS) is 20.1. The van der Waals surface area contributed by atoms with Crippen molar-refractivity contribution in [1.29, 1.82) is 0 Å². The molecule has 3 N–H and O–H groups in total. The fourth-order valence-corrected chi connectivity index (χ4v) is 4.04. The van der Waals surface area contributed by atoms with E-state index in [9.17, 15) is 4.79 Å². The maximum atomic E-state index is 12.4. The van der Waals surface area contributed by atoms with Crippen molar-refractivity contribution >= 4 is 29.7 Å². The summed E-state index contributed by atoms with van der Waals surface area (Å²) < 4.78 is 5.42. The van der Waals surface area contributed by atoms with Gasteiger partial charge in [0.05, 0.1) is 23.6 Å². The minimum Gasteiger partial charge on any atom is -0.376 e. The second-order valence-corrected chi connectivity index (χ2v) is 6.64. The highest BCUT2D eigenvalue weighted by Gasteiger charge is 2.34. The molecule has 1 fully saturated rings. The molecule has 3 rings (SSSR count). The number of thiophene rings is 1. The zero-order valence-corrected chi connectivity index (χ0v) is 13.1. The van der Waals surface area contributed by atoms with Gasteiger partial charge >= 0.3 is 0 Å². The van der Waals surface area contributed by atoms with Crippen LogP contribution in [0.15, 0.2) is 6.07 Å². The Balaban J connectivity index is 0.00000147. The molecule has 0 aromatic carbocycles. The molecule has 2 aliphatic rings. The molecule has 1 aromatic heterocycles. The van der Waals surface area contributed by atoms with E-state index in [0.717, 1.165) is 43.6 Å². The third kappa shape index (κ3) is 3.01. The van der Waals surface area contributed by atoms with Crippen molar-refractivity contribution in [3.63, 3.8) is 0 Å². The van der Waals surface area contributed by atoms with Crippen molar-refractivity contribution in [1.82, 2.24) is 5.32 Å². The molecule has 0 unspecified atom stereocenters. The summed E-state index contributed by atoms with van der Waals surface area (Å²) in [6, 6.07) is 1.98. The van der Waals surface area contributed by atoms with Gasteiger partial charge in [0.2, 0.25) is 0 Å². The lowest BCUT2D eigenvalue weighted by molar-refractivity contribution is 0.0907. The third-order valence-electron chi connectivity index (χ3n) is 4.18. The van der Waals surface area contributed by atoms with Gasteiger partial charge in [0.15, 0.2) is 0 Å². The number of nitrogens with two attached hydrogens (primary N) is 1. The molecule has 4 nitrogen and oxygen atoms in total. The predicted octanol–water partition coefficient (Wildman–Crippen LogP) is 2.24. The number of hydrogen-bond acceptors (Lipinski definition) is 4. The minimum absolute atomic E-state index is 0. The van der Waals surface area contributed by atoms with E-state index in [2.05, 4.69) is 5.32 Å². The molecule has 1 aromatic rings. The van der Waals surface area contributed by atoms with Crippen molar-refractivity contribution in [2.45, 2.75) is 44.2 Å². The van der Waals surface area contributed by atoms with Gasteiger partial charge in [-0.05, 0) is 24.5 Å². The molecular formula is C14H21ClN2O2S. The van der Waals surface area contributed by atoms with Crippen LogP contribution in [0.1, 0.15) is 45.8 Å². The van der Waals surface area contributed by atoms with Gasteiger partial charge in [-0.1, -0.05) is 12.8 Å². The summed E-state index contributed by atoms with van der Waals surface area (Å²) in [4.78, 5) is 14.5. The number of ether oxygens (including phenoxy) is 1. The molecule has 1 aliphatic heterocycles. The summed E-state index contributed by atoms with van der Waals surface area (Å²) in [5.41, 5.74) is 6.87. The fourth-order valence-electron chi connectivity index (χ4n) is 2.99. The Morgan fingerprint density at radius 3 is 2.85 bits per heavy atom. The van der Waals surface area contributed by atoms with Gasteiger partial charge in [-0.3, -0.25) is 4.79 Å². The molecule has 0 bridgehead atoms. The number of carbonyl (C=O) groups excluding carboxylic acids is 1. The molecule has 6 heteroatoms. The SMILES string of the molecule is Cl.NCC1(NC(=O)c2cc3c(s2)CCOC3)CCCC1. The van der Waals surface area contributed by atoms with Crippen LogP contribution in [0.3, 0.4) is 0 Å². The first kappa shape index (κ1) is 15.8. The Morgan fingerprint density at radius 2 is 2.20 bits per heavy atom. The first-order valence-electron chi connectivity index (χ1n) is 6.94. The number of fused-ring (bicyclic) bond motifs is 1. The monoisotopic (exact) mass is 316 g/mol. The second-order valence-electron chi connectivity index (χ2n) is 5.51. The zero-order valence-electron chi connectivity index (χ0n) is 11.4. The van der Waals surface area contributed by atoms with Crippen LogP contribution < -0.4 is 11.1 Å². The lowest BCUT2D eigenvalue weighted by Gasteiger charge is -2.28. The quantitative estimate of drug-likeness (QED) is 0.899. The lowest BCUT2D eigenvalue weighted by Crippen LogP contribution is -2.51. The molecule has 112 valence electrons. The maximum Gasteiger partial charge on any atom is 0.261 e. The second kappa shape index (κ2) is 6.43. The lowest BCUT2D eigenvalue weighted by atomic mass is 9.98. The number of amides is 1. The number of rotatable bonds is 3. The van der Waals surface area contributed by atoms with Gasteiger partial charge in [0, 0.05) is 17.8 Å². The largest absolute Gasteiger partial charge is 0.376 e. The van der Waals surface area contributed by atoms with E-state index < -0.39 is 0 Å². The van der Waals surface area contributed by atoms with Gasteiger partial charge in [-0.25, -0.2) is 0 Å². The Morgan fingerprint density at radius 1 is 1.45 bits per heavy atom. The number of hydrogen-bond donors (Lipinski definition) is 2. The van der Waals surface area contributed by atoms with E-state index in [1.807, 2.05) is 6.07 Å². The highest BCUT2D eigenvalue weighted by Crippen LogP contribution is 2.31. The minimum atomic E-state index is -0.169. The van der Waals surface area contributed by atoms with Gasteiger partial charge < -0.3 is 15.8 Å². The molecular weight excluding hydrogens is 296 g/mol. The fraction of sp³-hybridized carbons (Fsp3) is 0.643. The highest BCUT2D eigenvalue weighted by molar-refractivity contribution is 7.14. The van der Waals surface area contributed by atoms with E-state index in [4.69, 9.17) is 10.5 Å². The highest BCUT2D eigenvalue weighted by atomic mass is 35.5. The number of carbonyl (C=O) groups is 1. The summed E-state index contributed by atoms with van der Waals surface area (Å²) in [6.07, 6.45) is 5.25. The summed E-state index contributed by atoms with van der Waals surface area (Å²) in [7, 11) is 0. The average Bonchev–Trinajstić information content (AvgIpc) is 3.05. The number of halogens is 1. The Bertz CT molecular complexity index is 460. The molecule has 0 radical (unpaired) electrons. The molecule has 20 heavy (non-hydrogen) atoms. The van der Waals surface area contributed by atoms with E-state index in [1.54, 1.807) is 11.3 Å². The topological polar surface area (TPSA) is 64.3 Å². The van der Waals surface area contributed by atoms with E-state index >= 15 is 0 Å². The van der Waals surface area contributed by atoms with E-state index in [0.29, 0.717) is 13.2 Å². The molecule has 1 amide bonds. The standard InChI is InChI=1S/C14H20N2O2S.ClH/c15-9-14(4-1-2-5-14)16-13(17)12-7-10-8-18-6-3-11(10)19-12;/h7H,1-6,8-9,15H2,(H,16,17);1H. The van der Waals surface area contributed by atoms with Crippen molar-refractivity contribution in [3.8, 4) is 0 Å². The van der Waals surface area contributed by atoms with Crippen LogP contribution in [0.5, 0.6) is 0 Å². The predicted molar refractivity (Wildman–Crippen MR) is 82.6 cm³/mol. The number of nitrogens with one attached hydrogen (secondary N) is 1. The zero-order chi connectivity index (χ0) is 13.3. The van der Waals surface area contributed by atoms with Crippen molar-refractivity contribution in [3.05, 3.63) is 21.4 Å². The summed E-state index contributed by atoms with van der Waals surface area (Å²) in [6.45, 7) is 1.94. The van der Waals surface area contributed by atoms with E-state index in [-0.39, 0.29) is 23.9 Å². The molecule has 2 heterocycles. The smallest absolute Gasteiger partial charge is 0.261 e. The van der Waals surface area contributed by atoms with E-state index in [1.165, 1.54) is 10.4 Å². The van der Waals surface area contributed by atoms with Crippen molar-refractivity contribution < 1.29 is 9.53 Å². The third-order valence-corrected chi connectivity index (χ3v) is 5.42. The first-order valence-corrected chi connectivity index (χ1v) is 7.76. The van der Waals surface area contributed by atoms with Crippen LogP contribution in [0, 0.1) is 0 Å². The van der Waals surface area contributed by atoms with Gasteiger partial charge in [0.25, 0.3) is 5.91 Å². The molecule has 0 saturated heterocycles. The van der Waals surface area contributed by atoms with Crippen LogP contribution in [-0.2, 0) is 17.8 Å². The van der Waals surface area contributed by atoms with Crippen LogP contribution in [-0.4, -0.2) is 24.6 Å². The Labute approximate surface area is 129 Å². The first-order chi connectivity index (χ1) is 9.22. The van der Waals surface area contributed by atoms with Crippen molar-refractivity contribution in [2.24, 2.45) is 5.73 Å². The van der Waals surface area contributed by atoms with Gasteiger partial charge in [-0.2, -0.15) is 0 Å². The molecule has 0 spiro atoms. The van der Waals surface area contributed by atoms with Crippen LogP contribution >= 0.6 is 23.7 Å². The summed E-state index contributed by atoms with van der Waals surface area (Å²) in [5.74, 6) is 0.0340. The molecule has 1 aliphatic carbocycles. The molecule has 1 saturated carbocycles. The van der Waals surface area contributed by atoms with Crippen LogP contribution in [0.25, 0.3) is 0 Å². The van der Waals surface area contributed by atoms with Gasteiger partial charge in [0.1, 0.15) is 0 Å². The van der Waals surface area contributed by atoms with Gasteiger partial charge in [-0.15, -0.1) is 23.7 Å². The van der Waals surface area contributed by atoms with Crippen LogP contribution in [0.2, 0.25) is 0 Å². The summed E-state index contributed by atoms with van der Waals surface area (Å²) >= 11 is 1.60. The molecule has 0 atom stereocenters. The Hall–Kier alpha value is -0.620. The maximum absolute atomic E-state index is 12.4. The Kier molecular flexibility index (Phi) is 5.07. The van der Waals surface area contributed by atoms with Crippen LogP contribution in [0.4, 0.5) is 0 Å². The average molecular weight is 317 g/mol.